The summed E-state index contributed by atoms with van der Waals surface area (Å²) in [5.74, 6) is -0.835. The van der Waals surface area contributed by atoms with Gasteiger partial charge in [-0.25, -0.2) is 4.79 Å². The third-order valence-corrected chi connectivity index (χ3v) is 5.97. The van der Waals surface area contributed by atoms with Crippen molar-refractivity contribution in [3.63, 3.8) is 0 Å². The summed E-state index contributed by atoms with van der Waals surface area (Å²) in [4.78, 5) is 12.1. The van der Waals surface area contributed by atoms with Crippen LogP contribution >= 0.6 is 11.3 Å². The monoisotopic (exact) mass is 429 g/mol. The highest BCUT2D eigenvalue weighted by atomic mass is 32.1. The first-order valence-electron chi connectivity index (χ1n) is 10.1. The van der Waals surface area contributed by atoms with E-state index < -0.39 is 12.1 Å². The van der Waals surface area contributed by atoms with Gasteiger partial charge in [0.05, 0.1) is 25.0 Å². The van der Waals surface area contributed by atoms with Gasteiger partial charge >= 0.3 is 5.97 Å². The maximum absolute atomic E-state index is 11.0. The molecule has 0 saturated carbocycles. The molecule has 3 rings (SSSR count). The number of nitrogens with zero attached hydrogens (tertiary/aromatic N) is 1. The van der Waals surface area contributed by atoms with Gasteiger partial charge in [-0.3, -0.25) is 4.57 Å². The molecule has 2 aromatic heterocycles. The SMILES string of the molecule is CCCCCC(O)c1ccc(-n2c(O)ccc2COCc2ccc(C(=O)O)s2)cc1. The molecule has 3 N–H and O–H groups in total. The van der Waals surface area contributed by atoms with Crippen LogP contribution in [0.4, 0.5) is 0 Å². The van der Waals surface area contributed by atoms with Gasteiger partial charge in [-0.05, 0) is 42.3 Å². The van der Waals surface area contributed by atoms with E-state index in [1.54, 1.807) is 28.8 Å². The van der Waals surface area contributed by atoms with Crippen LogP contribution in [0.5, 0.6) is 5.88 Å². The molecule has 0 spiro atoms. The first-order chi connectivity index (χ1) is 14.5. The van der Waals surface area contributed by atoms with Crippen LogP contribution in [0.3, 0.4) is 0 Å². The van der Waals surface area contributed by atoms with E-state index in [2.05, 4.69) is 6.92 Å². The molecule has 30 heavy (non-hydrogen) atoms. The van der Waals surface area contributed by atoms with E-state index in [4.69, 9.17) is 9.84 Å². The van der Waals surface area contributed by atoms with Gasteiger partial charge in [0.1, 0.15) is 4.88 Å². The summed E-state index contributed by atoms with van der Waals surface area (Å²) >= 11 is 1.19. The summed E-state index contributed by atoms with van der Waals surface area (Å²) < 4.78 is 7.44. The Kier molecular flexibility index (Phi) is 7.68. The maximum Gasteiger partial charge on any atom is 0.345 e. The number of thiophene rings is 1. The van der Waals surface area contributed by atoms with Crippen molar-refractivity contribution in [2.45, 2.75) is 51.9 Å². The summed E-state index contributed by atoms with van der Waals surface area (Å²) in [6, 6.07) is 14.2. The topological polar surface area (TPSA) is 91.9 Å². The molecule has 7 heteroatoms. The molecule has 0 aliphatic carbocycles. The van der Waals surface area contributed by atoms with Crippen LogP contribution in [-0.2, 0) is 18.0 Å². The van der Waals surface area contributed by atoms with Crippen molar-refractivity contribution in [3.05, 3.63) is 69.5 Å². The van der Waals surface area contributed by atoms with Crippen LogP contribution in [0.25, 0.3) is 5.69 Å². The van der Waals surface area contributed by atoms with E-state index in [1.165, 1.54) is 11.3 Å². The molecule has 1 unspecified atom stereocenters. The van der Waals surface area contributed by atoms with Gasteiger partial charge in [0.2, 0.25) is 0 Å². The van der Waals surface area contributed by atoms with Gasteiger partial charge in [0, 0.05) is 16.6 Å². The number of unbranched alkanes of at least 4 members (excludes halogenated alkanes) is 2. The number of aliphatic hydroxyl groups excluding tert-OH is 1. The molecule has 6 nitrogen and oxygen atoms in total. The quantitative estimate of drug-likeness (QED) is 0.361. The number of aromatic nitrogens is 1. The van der Waals surface area contributed by atoms with Gasteiger partial charge in [-0.1, -0.05) is 38.3 Å². The number of aromatic hydroxyl groups is 1. The normalized spacial score (nSPS) is 12.2. The molecular weight excluding hydrogens is 402 g/mol. The summed E-state index contributed by atoms with van der Waals surface area (Å²) in [5, 5.41) is 29.6. The fraction of sp³-hybridized carbons (Fsp3) is 0.348. The van der Waals surface area contributed by atoms with Crippen molar-refractivity contribution in [2.75, 3.05) is 0 Å². The number of benzene rings is 1. The molecule has 0 fully saturated rings. The van der Waals surface area contributed by atoms with E-state index in [9.17, 15) is 15.0 Å². The van der Waals surface area contributed by atoms with E-state index in [-0.39, 0.29) is 17.4 Å². The Morgan fingerprint density at radius 2 is 1.83 bits per heavy atom. The zero-order valence-corrected chi connectivity index (χ0v) is 17.8. The fourth-order valence-corrected chi connectivity index (χ4v) is 4.09. The van der Waals surface area contributed by atoms with Gasteiger partial charge in [0.15, 0.2) is 5.88 Å². The number of aromatic carboxylic acids is 1. The number of carboxylic acid groups (broad SMARTS) is 1. The number of carboxylic acids is 1. The Morgan fingerprint density at radius 3 is 2.50 bits per heavy atom. The first kappa shape index (κ1) is 22.1. The minimum absolute atomic E-state index is 0.106. The molecule has 0 bridgehead atoms. The zero-order chi connectivity index (χ0) is 21.5. The Balaban J connectivity index is 1.64. The average Bonchev–Trinajstić information content (AvgIpc) is 3.35. The highest BCUT2D eigenvalue weighted by molar-refractivity contribution is 7.13. The number of carbonyl (C=O) groups is 1. The first-order valence-corrected chi connectivity index (χ1v) is 10.9. The summed E-state index contributed by atoms with van der Waals surface area (Å²) in [6.07, 6.45) is 3.49. The minimum atomic E-state index is -0.941. The van der Waals surface area contributed by atoms with Crippen LogP contribution in [0, 0.1) is 0 Å². The summed E-state index contributed by atoms with van der Waals surface area (Å²) in [6.45, 7) is 2.70. The second-order valence-corrected chi connectivity index (χ2v) is 8.35. The Labute approximate surface area is 180 Å². The van der Waals surface area contributed by atoms with Crippen LogP contribution in [-0.4, -0.2) is 25.9 Å². The van der Waals surface area contributed by atoms with Gasteiger partial charge < -0.3 is 20.1 Å². The van der Waals surface area contributed by atoms with E-state index in [0.717, 1.165) is 47.5 Å². The molecule has 3 aromatic rings. The molecule has 1 aromatic carbocycles. The van der Waals surface area contributed by atoms with Crippen LogP contribution in [0.2, 0.25) is 0 Å². The largest absolute Gasteiger partial charge is 0.494 e. The predicted molar refractivity (Wildman–Crippen MR) is 116 cm³/mol. The number of aliphatic hydroxyl groups is 1. The lowest BCUT2D eigenvalue weighted by Crippen LogP contribution is -2.03. The summed E-state index contributed by atoms with van der Waals surface area (Å²) in [5.41, 5.74) is 2.43. The molecular formula is C23H27NO5S. The second kappa shape index (κ2) is 10.4. The number of hydrogen-bond acceptors (Lipinski definition) is 5. The molecule has 0 amide bonds. The molecule has 0 saturated heterocycles. The van der Waals surface area contributed by atoms with Crippen molar-refractivity contribution < 1.29 is 24.9 Å². The van der Waals surface area contributed by atoms with E-state index in [1.807, 2.05) is 24.3 Å². The van der Waals surface area contributed by atoms with Crippen molar-refractivity contribution in [1.29, 1.82) is 0 Å². The van der Waals surface area contributed by atoms with Crippen molar-refractivity contribution in [1.82, 2.24) is 4.57 Å². The van der Waals surface area contributed by atoms with E-state index in [0.29, 0.717) is 6.61 Å². The van der Waals surface area contributed by atoms with Crippen molar-refractivity contribution in [3.8, 4) is 11.6 Å². The molecule has 0 radical (unpaired) electrons. The smallest absolute Gasteiger partial charge is 0.345 e. The highest BCUT2D eigenvalue weighted by Gasteiger charge is 2.13. The Hall–Kier alpha value is -2.61. The number of rotatable bonds is 11. The number of ether oxygens (including phenoxy) is 1. The molecule has 1 atom stereocenters. The Bertz CT molecular complexity index is 960. The highest BCUT2D eigenvalue weighted by Crippen LogP contribution is 2.26. The van der Waals surface area contributed by atoms with Gasteiger partial charge in [0.25, 0.3) is 0 Å². The van der Waals surface area contributed by atoms with Gasteiger partial charge in [-0.15, -0.1) is 11.3 Å². The predicted octanol–water partition coefficient (Wildman–Crippen LogP) is 5.27. The molecule has 160 valence electrons. The van der Waals surface area contributed by atoms with E-state index >= 15 is 0 Å². The molecule has 2 heterocycles. The zero-order valence-electron chi connectivity index (χ0n) is 17.0. The lowest BCUT2D eigenvalue weighted by atomic mass is 10.0. The fourth-order valence-electron chi connectivity index (χ4n) is 3.30. The van der Waals surface area contributed by atoms with Crippen LogP contribution in [0.1, 0.15) is 64.5 Å². The lowest BCUT2D eigenvalue weighted by molar-refractivity contribution is 0.0702. The molecule has 0 aliphatic heterocycles. The second-order valence-electron chi connectivity index (χ2n) is 7.19. The third kappa shape index (κ3) is 5.50. The van der Waals surface area contributed by atoms with Crippen LogP contribution in [0.15, 0.2) is 48.5 Å². The molecule has 0 aliphatic rings. The maximum atomic E-state index is 11.0. The number of hydrogen-bond donors (Lipinski definition) is 3. The average molecular weight is 430 g/mol. The standard InChI is InChI=1S/C23H27NO5S/c1-2-3-4-5-20(25)16-6-8-17(9-7-16)24-18(10-13-22(24)26)14-29-15-19-11-12-21(30-19)23(27)28/h6-13,20,25-26H,2-5,14-15H2,1H3,(H,27,28). The summed E-state index contributed by atoms with van der Waals surface area (Å²) in [7, 11) is 0. The van der Waals surface area contributed by atoms with Crippen LogP contribution < -0.4 is 0 Å². The van der Waals surface area contributed by atoms with Gasteiger partial charge in [-0.2, -0.15) is 0 Å². The third-order valence-electron chi connectivity index (χ3n) is 4.92. The Morgan fingerprint density at radius 1 is 1.07 bits per heavy atom. The van der Waals surface area contributed by atoms with Crippen molar-refractivity contribution >= 4 is 17.3 Å². The minimum Gasteiger partial charge on any atom is -0.494 e. The lowest BCUT2D eigenvalue weighted by Gasteiger charge is -2.14. The van der Waals surface area contributed by atoms with Crippen molar-refractivity contribution in [2.24, 2.45) is 0 Å².